The van der Waals surface area contributed by atoms with Gasteiger partial charge in [0.1, 0.15) is 0 Å². The first-order valence-electron chi connectivity index (χ1n) is 11.7. The van der Waals surface area contributed by atoms with Gasteiger partial charge in [0.05, 0.1) is 4.90 Å². The molecule has 1 aromatic rings. The Morgan fingerprint density at radius 2 is 1.53 bits per heavy atom. The number of hydrogen-bond donors (Lipinski definition) is 1. The van der Waals surface area contributed by atoms with Gasteiger partial charge >= 0.3 is 0 Å². The fourth-order valence-corrected chi connectivity index (χ4v) is 8.61. The van der Waals surface area contributed by atoms with Crippen molar-refractivity contribution in [3.8, 4) is 0 Å². The smallest absolute Gasteiger partial charge is 0.243 e. The van der Waals surface area contributed by atoms with E-state index in [-0.39, 0.29) is 11.8 Å². The predicted molar refractivity (Wildman–Crippen MR) is 116 cm³/mol. The van der Waals surface area contributed by atoms with Crippen LogP contribution in [-0.2, 0) is 14.8 Å². The Morgan fingerprint density at radius 1 is 1.00 bits per heavy atom. The zero-order chi connectivity index (χ0) is 20.9. The van der Waals surface area contributed by atoms with Crippen molar-refractivity contribution < 1.29 is 13.2 Å². The zero-order valence-electron chi connectivity index (χ0n) is 18.0. The minimum atomic E-state index is -3.47. The predicted octanol–water partition coefficient (Wildman–Crippen LogP) is 3.73. The third kappa shape index (κ3) is 3.81. The van der Waals surface area contributed by atoms with Gasteiger partial charge in [0.25, 0.3) is 0 Å². The van der Waals surface area contributed by atoms with Crippen LogP contribution in [0.5, 0.6) is 0 Å². The Kier molecular flexibility index (Phi) is 5.21. The van der Waals surface area contributed by atoms with Crippen LogP contribution in [0, 0.1) is 36.0 Å². The largest absolute Gasteiger partial charge is 0.355 e. The molecular weight excluding hydrogens is 396 g/mol. The molecule has 1 heterocycles. The number of nitrogens with zero attached hydrogens (tertiary/aromatic N) is 1. The number of sulfonamides is 1. The highest BCUT2D eigenvalue weighted by molar-refractivity contribution is 7.89. The average molecular weight is 431 g/mol. The van der Waals surface area contributed by atoms with Crippen LogP contribution < -0.4 is 5.32 Å². The molecule has 30 heavy (non-hydrogen) atoms. The maximum Gasteiger partial charge on any atom is 0.243 e. The van der Waals surface area contributed by atoms with Crippen LogP contribution in [0.1, 0.15) is 56.9 Å². The van der Waals surface area contributed by atoms with Crippen LogP contribution in [0.3, 0.4) is 0 Å². The van der Waals surface area contributed by atoms with Crippen molar-refractivity contribution in [1.82, 2.24) is 9.62 Å². The fourth-order valence-electron chi connectivity index (χ4n) is 7.14. The third-order valence-corrected chi connectivity index (χ3v) is 10.2. The molecule has 0 aromatic heterocycles. The van der Waals surface area contributed by atoms with Crippen molar-refractivity contribution in [2.75, 3.05) is 19.6 Å². The van der Waals surface area contributed by atoms with Crippen LogP contribution in [0.15, 0.2) is 29.2 Å². The molecule has 6 rings (SSSR count). The number of aryl methyl sites for hydroxylation is 1. The van der Waals surface area contributed by atoms with Crippen molar-refractivity contribution in [3.05, 3.63) is 29.8 Å². The minimum Gasteiger partial charge on any atom is -0.355 e. The van der Waals surface area contributed by atoms with Gasteiger partial charge in [-0.2, -0.15) is 4.31 Å². The van der Waals surface area contributed by atoms with Crippen LogP contribution in [0.4, 0.5) is 0 Å². The van der Waals surface area contributed by atoms with Crippen molar-refractivity contribution in [2.45, 2.75) is 63.2 Å². The molecule has 4 aliphatic carbocycles. The Balaban J connectivity index is 1.15. The van der Waals surface area contributed by atoms with Crippen molar-refractivity contribution >= 4 is 15.9 Å². The van der Waals surface area contributed by atoms with Gasteiger partial charge < -0.3 is 5.32 Å². The lowest BCUT2D eigenvalue weighted by Gasteiger charge is -2.57. The molecule has 5 nitrogen and oxygen atoms in total. The Labute approximate surface area is 180 Å². The molecule has 0 unspecified atom stereocenters. The number of piperidine rings is 1. The summed E-state index contributed by atoms with van der Waals surface area (Å²) in [4.78, 5) is 13.2. The number of amides is 1. The van der Waals surface area contributed by atoms with Crippen LogP contribution in [0.25, 0.3) is 0 Å². The zero-order valence-corrected chi connectivity index (χ0v) is 18.8. The van der Waals surface area contributed by atoms with E-state index in [1.165, 1.54) is 38.5 Å². The second kappa shape index (κ2) is 7.63. The molecule has 164 valence electrons. The van der Waals surface area contributed by atoms with E-state index in [0.29, 0.717) is 36.2 Å². The van der Waals surface area contributed by atoms with E-state index in [9.17, 15) is 13.2 Å². The second-order valence-corrected chi connectivity index (χ2v) is 12.6. The minimum absolute atomic E-state index is 0.0663. The highest BCUT2D eigenvalue weighted by atomic mass is 32.2. The van der Waals surface area contributed by atoms with Gasteiger partial charge in [-0.05, 0) is 93.6 Å². The quantitative estimate of drug-likeness (QED) is 0.774. The summed E-state index contributed by atoms with van der Waals surface area (Å²) in [5.41, 5.74) is 1.39. The van der Waals surface area contributed by atoms with Crippen molar-refractivity contribution in [1.29, 1.82) is 0 Å². The monoisotopic (exact) mass is 430 g/mol. The average Bonchev–Trinajstić information content (AvgIpc) is 2.71. The maximum absolute atomic E-state index is 12.9. The summed E-state index contributed by atoms with van der Waals surface area (Å²) in [6.07, 6.45) is 9.37. The molecule has 1 amide bonds. The van der Waals surface area contributed by atoms with Gasteiger partial charge in [-0.3, -0.25) is 4.79 Å². The lowest BCUT2D eigenvalue weighted by molar-refractivity contribution is -0.128. The summed E-state index contributed by atoms with van der Waals surface area (Å²) in [6, 6.07) is 7.01. The molecule has 0 radical (unpaired) electrons. The molecule has 1 aromatic carbocycles. The number of rotatable bonds is 5. The lowest BCUT2D eigenvalue weighted by Crippen LogP contribution is -2.52. The van der Waals surface area contributed by atoms with Crippen LogP contribution >= 0.6 is 0 Å². The molecule has 5 fully saturated rings. The molecule has 0 spiro atoms. The summed E-state index contributed by atoms with van der Waals surface area (Å²) in [5, 5.41) is 3.29. The molecule has 5 aliphatic rings. The molecule has 1 aliphatic heterocycles. The summed E-state index contributed by atoms with van der Waals surface area (Å²) < 4.78 is 27.3. The Bertz CT molecular complexity index is 866. The van der Waals surface area contributed by atoms with E-state index < -0.39 is 10.0 Å². The first-order valence-corrected chi connectivity index (χ1v) is 13.1. The normalized spacial score (nSPS) is 34.2. The van der Waals surface area contributed by atoms with Crippen molar-refractivity contribution in [2.24, 2.45) is 29.1 Å². The number of nitrogens with one attached hydrogen (secondary N) is 1. The molecule has 4 bridgehead atoms. The van der Waals surface area contributed by atoms with E-state index in [1.807, 2.05) is 19.1 Å². The summed E-state index contributed by atoms with van der Waals surface area (Å²) in [5.74, 6) is 2.75. The maximum atomic E-state index is 12.9. The van der Waals surface area contributed by atoms with Crippen LogP contribution in [-0.4, -0.2) is 38.3 Å². The van der Waals surface area contributed by atoms with Gasteiger partial charge in [0.2, 0.25) is 15.9 Å². The highest BCUT2D eigenvalue weighted by Gasteiger charge is 2.50. The van der Waals surface area contributed by atoms with E-state index in [2.05, 4.69) is 5.32 Å². The van der Waals surface area contributed by atoms with Crippen LogP contribution in [0.2, 0.25) is 0 Å². The molecular formula is C24H34N2O3S. The first kappa shape index (κ1) is 20.5. The van der Waals surface area contributed by atoms with Crippen molar-refractivity contribution in [3.63, 3.8) is 0 Å². The first-order chi connectivity index (χ1) is 14.3. The summed E-state index contributed by atoms with van der Waals surface area (Å²) in [6.45, 7) is 3.62. The molecule has 1 saturated heterocycles. The summed E-state index contributed by atoms with van der Waals surface area (Å²) >= 11 is 0. The molecule has 6 heteroatoms. The molecule has 1 N–H and O–H groups in total. The number of carbonyl (C=O) groups excluding carboxylic acids is 1. The number of benzene rings is 1. The number of hydrogen-bond acceptors (Lipinski definition) is 3. The molecule has 0 atom stereocenters. The Morgan fingerprint density at radius 3 is 2.07 bits per heavy atom. The number of carbonyl (C=O) groups is 1. The SMILES string of the molecule is Cc1ccc(S(=O)(=O)N2CCC(C(=O)NCC34CC5CC(CC(C5)C3)C4)CC2)cc1. The Hall–Kier alpha value is -1.40. The lowest BCUT2D eigenvalue weighted by atomic mass is 9.49. The molecule has 4 saturated carbocycles. The van der Waals surface area contributed by atoms with Gasteiger partial charge in [-0.25, -0.2) is 8.42 Å². The second-order valence-electron chi connectivity index (χ2n) is 10.6. The van der Waals surface area contributed by atoms with E-state index >= 15 is 0 Å². The summed E-state index contributed by atoms with van der Waals surface area (Å²) in [7, 11) is -3.47. The van der Waals surface area contributed by atoms with Gasteiger partial charge in [-0.1, -0.05) is 17.7 Å². The third-order valence-electron chi connectivity index (χ3n) is 8.29. The fraction of sp³-hybridized carbons (Fsp3) is 0.708. The van der Waals surface area contributed by atoms with Gasteiger partial charge in [0, 0.05) is 25.6 Å². The van der Waals surface area contributed by atoms with Gasteiger partial charge in [0.15, 0.2) is 0 Å². The van der Waals surface area contributed by atoms with Gasteiger partial charge in [-0.15, -0.1) is 0 Å². The standard InChI is InChI=1S/C24H34N2O3S/c1-17-2-4-22(5-3-17)30(28,29)26-8-6-21(7-9-26)23(27)25-16-24-13-18-10-19(14-24)12-20(11-18)15-24/h2-5,18-21H,6-16H2,1H3,(H,25,27). The topological polar surface area (TPSA) is 66.5 Å². The van der Waals surface area contributed by atoms with E-state index in [4.69, 9.17) is 0 Å². The van der Waals surface area contributed by atoms with E-state index in [1.54, 1.807) is 16.4 Å². The van der Waals surface area contributed by atoms with E-state index in [0.717, 1.165) is 29.9 Å². The highest BCUT2D eigenvalue weighted by Crippen LogP contribution is 2.59.